The molecule has 0 radical (unpaired) electrons. The van der Waals surface area contributed by atoms with E-state index in [1.54, 1.807) is 12.1 Å². The first kappa shape index (κ1) is 24.8. The van der Waals surface area contributed by atoms with Crippen molar-refractivity contribution in [3.05, 3.63) is 114 Å². The summed E-state index contributed by atoms with van der Waals surface area (Å²) in [6.45, 7) is 0. The first-order valence-electron chi connectivity index (χ1n) is 12.4. The first-order valence-corrected chi connectivity index (χ1v) is 13.1. The van der Waals surface area contributed by atoms with Crippen LogP contribution in [-0.2, 0) is 0 Å². The Balaban J connectivity index is 1.47. The number of para-hydroxylation sites is 1. The monoisotopic (exact) mass is 562 g/mol. The van der Waals surface area contributed by atoms with Crippen molar-refractivity contribution in [2.45, 2.75) is 0 Å². The Morgan fingerprint density at radius 1 is 0.634 bits per heavy atom. The topological polar surface area (TPSA) is 62.5 Å². The Hall–Kier alpha value is -5.20. The molecule has 0 bridgehead atoms. The van der Waals surface area contributed by atoms with Crippen molar-refractivity contribution in [3.8, 4) is 39.6 Å². The summed E-state index contributed by atoms with van der Waals surface area (Å²) in [6, 6.07) is 26.6. The van der Waals surface area contributed by atoms with Crippen LogP contribution in [0, 0.1) is 34.6 Å². The molecule has 0 fully saturated rings. The molecule has 9 heteroatoms. The van der Waals surface area contributed by atoms with Gasteiger partial charge in [0.05, 0.1) is 28.5 Å². The van der Waals surface area contributed by atoms with Gasteiger partial charge in [-0.05, 0) is 23.3 Å². The van der Waals surface area contributed by atoms with E-state index >= 15 is 0 Å². The molecule has 0 amide bonds. The van der Waals surface area contributed by atoms with E-state index in [9.17, 15) is 17.6 Å². The molecule has 5 aromatic carbocycles. The van der Waals surface area contributed by atoms with Gasteiger partial charge in [-0.1, -0.05) is 72.8 Å². The SMILES string of the molecule is N#Cc1c(F)c(F)c(-c2ccc(-c3cc4c(-c5ccccc5)nc5ccccc5c4c4nsnc34)cc2)c(F)c1F. The molecule has 0 aliphatic rings. The molecule has 2 aromatic heterocycles. The second-order valence-electron chi connectivity index (χ2n) is 9.35. The molecule has 0 atom stereocenters. The van der Waals surface area contributed by atoms with Crippen LogP contribution in [0.3, 0.4) is 0 Å². The number of hydrogen-bond acceptors (Lipinski definition) is 5. The lowest BCUT2D eigenvalue weighted by atomic mass is 9.93. The van der Waals surface area contributed by atoms with Gasteiger partial charge in [-0.3, -0.25) is 0 Å². The van der Waals surface area contributed by atoms with Crippen LogP contribution in [0.5, 0.6) is 0 Å². The predicted molar refractivity (Wildman–Crippen MR) is 151 cm³/mol. The lowest BCUT2D eigenvalue weighted by molar-refractivity contribution is 0.454. The Kier molecular flexibility index (Phi) is 5.73. The van der Waals surface area contributed by atoms with Gasteiger partial charge >= 0.3 is 0 Å². The van der Waals surface area contributed by atoms with E-state index < -0.39 is 34.4 Å². The van der Waals surface area contributed by atoms with Crippen LogP contribution in [-0.4, -0.2) is 13.7 Å². The van der Waals surface area contributed by atoms with Gasteiger partial charge in [0, 0.05) is 27.3 Å². The molecule has 0 aliphatic carbocycles. The van der Waals surface area contributed by atoms with Crippen LogP contribution in [0.4, 0.5) is 17.6 Å². The first-order chi connectivity index (χ1) is 20.0. The van der Waals surface area contributed by atoms with Gasteiger partial charge in [0.2, 0.25) is 0 Å². The summed E-state index contributed by atoms with van der Waals surface area (Å²) in [4.78, 5) is 4.98. The Bertz CT molecular complexity index is 2180. The van der Waals surface area contributed by atoms with E-state index in [0.717, 1.165) is 50.7 Å². The third-order valence-electron chi connectivity index (χ3n) is 7.11. The molecule has 0 saturated carbocycles. The fourth-order valence-electron chi connectivity index (χ4n) is 5.20. The van der Waals surface area contributed by atoms with Crippen molar-refractivity contribution in [2.75, 3.05) is 0 Å². The van der Waals surface area contributed by atoms with Crippen LogP contribution >= 0.6 is 11.7 Å². The lowest BCUT2D eigenvalue weighted by Gasteiger charge is -2.13. The van der Waals surface area contributed by atoms with E-state index in [-0.39, 0.29) is 5.56 Å². The number of hydrogen-bond donors (Lipinski definition) is 0. The average molecular weight is 563 g/mol. The highest BCUT2D eigenvalue weighted by Gasteiger charge is 2.26. The molecule has 7 rings (SSSR count). The van der Waals surface area contributed by atoms with Crippen LogP contribution in [0.1, 0.15) is 5.56 Å². The van der Waals surface area contributed by atoms with Crippen molar-refractivity contribution in [1.29, 1.82) is 5.26 Å². The van der Waals surface area contributed by atoms with E-state index in [1.165, 1.54) is 12.1 Å². The van der Waals surface area contributed by atoms with E-state index in [0.29, 0.717) is 22.2 Å². The second-order valence-corrected chi connectivity index (χ2v) is 9.88. The molecule has 196 valence electrons. The maximum atomic E-state index is 14.7. The molecule has 0 N–H and O–H groups in total. The molecule has 0 unspecified atom stereocenters. The van der Waals surface area contributed by atoms with E-state index in [4.69, 9.17) is 10.2 Å². The highest BCUT2D eigenvalue weighted by atomic mass is 32.1. The summed E-state index contributed by atoms with van der Waals surface area (Å²) in [6.07, 6.45) is 0. The average Bonchev–Trinajstić information content (AvgIpc) is 3.51. The van der Waals surface area contributed by atoms with Crippen molar-refractivity contribution >= 4 is 44.4 Å². The maximum absolute atomic E-state index is 14.7. The molecule has 0 aliphatic heterocycles. The minimum Gasteiger partial charge on any atom is -0.247 e. The van der Waals surface area contributed by atoms with Gasteiger partial charge in [-0.2, -0.15) is 14.0 Å². The minimum absolute atomic E-state index is 0.0860. The molecule has 4 nitrogen and oxygen atoms in total. The summed E-state index contributed by atoms with van der Waals surface area (Å²) in [5.41, 5.74) is 2.91. The minimum atomic E-state index is -1.73. The number of nitrogens with zero attached hydrogens (tertiary/aromatic N) is 4. The van der Waals surface area contributed by atoms with Gasteiger partial charge < -0.3 is 0 Å². The summed E-state index contributed by atoms with van der Waals surface area (Å²) in [5.74, 6) is -6.72. The van der Waals surface area contributed by atoms with Crippen molar-refractivity contribution in [2.24, 2.45) is 0 Å². The van der Waals surface area contributed by atoms with Crippen LogP contribution in [0.25, 0.3) is 66.2 Å². The van der Waals surface area contributed by atoms with Gasteiger partial charge in [-0.25, -0.2) is 22.5 Å². The van der Waals surface area contributed by atoms with E-state index in [1.807, 2.05) is 60.7 Å². The maximum Gasteiger partial charge on any atom is 0.180 e. The van der Waals surface area contributed by atoms with E-state index in [2.05, 4.69) is 8.75 Å². The van der Waals surface area contributed by atoms with Gasteiger partial charge in [0.25, 0.3) is 0 Å². The number of aromatic nitrogens is 3. The Labute approximate surface area is 234 Å². The summed E-state index contributed by atoms with van der Waals surface area (Å²) >= 11 is 1.07. The van der Waals surface area contributed by atoms with Gasteiger partial charge in [0.15, 0.2) is 23.3 Å². The summed E-state index contributed by atoms with van der Waals surface area (Å²) in [5, 5.41) is 11.6. The van der Waals surface area contributed by atoms with Gasteiger partial charge in [-0.15, -0.1) is 0 Å². The lowest BCUT2D eigenvalue weighted by Crippen LogP contribution is -2.03. The fourth-order valence-corrected chi connectivity index (χ4v) is 5.77. The third-order valence-corrected chi connectivity index (χ3v) is 7.63. The zero-order chi connectivity index (χ0) is 28.2. The summed E-state index contributed by atoms with van der Waals surface area (Å²) < 4.78 is 67.2. The van der Waals surface area contributed by atoms with Crippen molar-refractivity contribution in [1.82, 2.24) is 13.7 Å². The second kappa shape index (κ2) is 9.47. The summed E-state index contributed by atoms with van der Waals surface area (Å²) in [7, 11) is 0. The fraction of sp³-hybridized carbons (Fsp3) is 0. The van der Waals surface area contributed by atoms with Crippen molar-refractivity contribution < 1.29 is 17.6 Å². The number of nitriles is 1. The number of pyridine rings is 1. The zero-order valence-electron chi connectivity index (χ0n) is 20.8. The third kappa shape index (κ3) is 3.76. The van der Waals surface area contributed by atoms with Crippen LogP contribution in [0.2, 0.25) is 0 Å². The van der Waals surface area contributed by atoms with Crippen LogP contribution in [0.15, 0.2) is 84.9 Å². The Morgan fingerprint density at radius 3 is 1.98 bits per heavy atom. The number of rotatable bonds is 3. The molecule has 0 spiro atoms. The largest absolute Gasteiger partial charge is 0.247 e. The highest BCUT2D eigenvalue weighted by molar-refractivity contribution is 7.00. The smallest absolute Gasteiger partial charge is 0.180 e. The standard InChI is InChI=1S/C32H14F4N4S/c33-26-22(15-37)27(34)29(36)24(28(26)35)17-12-10-16(11-13-17)20-14-21-25(32-31(20)39-41-40-32)19-8-4-5-9-23(19)38-30(21)18-6-2-1-3-7-18/h1-14H. The highest BCUT2D eigenvalue weighted by Crippen LogP contribution is 2.41. The zero-order valence-corrected chi connectivity index (χ0v) is 21.6. The quantitative estimate of drug-likeness (QED) is 0.123. The molecule has 2 heterocycles. The molecule has 41 heavy (non-hydrogen) atoms. The number of fused-ring (bicyclic) bond motifs is 5. The number of halogens is 4. The molecule has 0 saturated heterocycles. The molecular formula is C32H14F4N4S. The molecular weight excluding hydrogens is 548 g/mol. The number of benzene rings is 5. The van der Waals surface area contributed by atoms with Crippen LogP contribution < -0.4 is 0 Å². The van der Waals surface area contributed by atoms with Crippen molar-refractivity contribution in [3.63, 3.8) is 0 Å². The normalized spacial score (nSPS) is 11.4. The van der Waals surface area contributed by atoms with Gasteiger partial charge in [0.1, 0.15) is 22.7 Å². The predicted octanol–water partition coefficient (Wildman–Crippen LogP) is 8.82. The molecule has 7 aromatic rings. The Morgan fingerprint density at radius 2 is 1.27 bits per heavy atom.